The zero-order chi connectivity index (χ0) is 5.70. The number of hydrogen-bond acceptors (Lipinski definition) is 0. The van der Waals surface area contributed by atoms with Gasteiger partial charge in [-0.15, -0.1) is 11.6 Å². The van der Waals surface area contributed by atoms with E-state index in [1.807, 2.05) is 0 Å². The van der Waals surface area contributed by atoms with E-state index in [9.17, 15) is 0 Å². The van der Waals surface area contributed by atoms with Gasteiger partial charge in [-0.3, -0.25) is 0 Å². The average molecular weight is 184 g/mol. The molecule has 2 heteroatoms. The molecule has 7 heavy (non-hydrogen) atoms. The Morgan fingerprint density at radius 2 is 2.43 bits per heavy atom. The van der Waals surface area contributed by atoms with Gasteiger partial charge < -0.3 is 0 Å². The summed E-state index contributed by atoms with van der Waals surface area (Å²) in [5, 5.41) is 0. The lowest BCUT2D eigenvalue weighted by Gasteiger charge is -1.95. The van der Waals surface area contributed by atoms with E-state index in [2.05, 4.69) is 29.3 Å². The molecule has 0 aromatic carbocycles. The Morgan fingerprint density at radius 3 is 2.57 bits per heavy atom. The topological polar surface area (TPSA) is 0 Å². The van der Waals surface area contributed by atoms with Crippen molar-refractivity contribution in [3.05, 3.63) is 6.42 Å². The van der Waals surface area contributed by atoms with Gasteiger partial charge in [-0.25, -0.2) is 0 Å². The molecule has 0 rings (SSSR count). The highest BCUT2D eigenvalue weighted by atomic mass is 79.9. The largest absolute Gasteiger partial charge is 0.127 e. The van der Waals surface area contributed by atoms with E-state index >= 15 is 0 Å². The van der Waals surface area contributed by atoms with Gasteiger partial charge >= 0.3 is 0 Å². The zero-order valence-electron chi connectivity index (χ0n) is 4.32. The van der Waals surface area contributed by atoms with Crippen molar-refractivity contribution in [2.45, 2.75) is 18.2 Å². The van der Waals surface area contributed by atoms with Gasteiger partial charge in [-0.05, 0) is 12.8 Å². The number of halogens is 2. The predicted molar refractivity (Wildman–Crippen MR) is 38.0 cm³/mol. The summed E-state index contributed by atoms with van der Waals surface area (Å²) in [4.78, 5) is 0.506. The van der Waals surface area contributed by atoms with Gasteiger partial charge in [-0.1, -0.05) is 22.9 Å². The third kappa shape index (κ3) is 6.77. The molecule has 0 aliphatic heterocycles. The second kappa shape index (κ2) is 4.92. The minimum atomic E-state index is 0.506. The molecule has 0 N–H and O–H groups in total. The Balaban J connectivity index is 2.68. The molecule has 0 nitrogen and oxygen atoms in total. The lowest BCUT2D eigenvalue weighted by Crippen LogP contribution is -1.90. The normalized spacial score (nSPS) is 14.1. The average Bonchev–Trinajstić information content (AvgIpc) is 1.61. The van der Waals surface area contributed by atoms with E-state index in [1.165, 1.54) is 0 Å². The standard InChI is InChI=1S/C5H9BrCl/c1-5(6)3-2-4-7/h3,5H,2,4H2,1H3. The number of alkyl halides is 2. The summed E-state index contributed by atoms with van der Waals surface area (Å²) in [6.07, 6.45) is 3.13. The molecule has 1 radical (unpaired) electrons. The number of rotatable bonds is 3. The molecule has 1 unspecified atom stereocenters. The molecule has 0 spiro atoms. The SMILES string of the molecule is CC(Br)[CH]CCCl. The van der Waals surface area contributed by atoms with E-state index in [0.717, 1.165) is 12.3 Å². The Bertz CT molecular complexity index is 37.1. The second-order valence-corrected chi connectivity index (χ2v) is 3.21. The van der Waals surface area contributed by atoms with Crippen molar-refractivity contribution in [1.82, 2.24) is 0 Å². The van der Waals surface area contributed by atoms with Gasteiger partial charge in [0.2, 0.25) is 0 Å². The zero-order valence-corrected chi connectivity index (χ0v) is 6.67. The van der Waals surface area contributed by atoms with Gasteiger partial charge in [0.05, 0.1) is 0 Å². The van der Waals surface area contributed by atoms with Crippen LogP contribution in [0.3, 0.4) is 0 Å². The molecule has 43 valence electrons. The van der Waals surface area contributed by atoms with E-state index < -0.39 is 0 Å². The van der Waals surface area contributed by atoms with Crippen molar-refractivity contribution < 1.29 is 0 Å². The highest BCUT2D eigenvalue weighted by molar-refractivity contribution is 9.09. The van der Waals surface area contributed by atoms with Gasteiger partial charge in [0, 0.05) is 10.7 Å². The maximum Gasteiger partial charge on any atom is 0.0226 e. The fourth-order valence-corrected chi connectivity index (χ4v) is 0.683. The lowest BCUT2D eigenvalue weighted by atomic mass is 10.3. The van der Waals surface area contributed by atoms with Gasteiger partial charge in [-0.2, -0.15) is 0 Å². The van der Waals surface area contributed by atoms with E-state index in [0.29, 0.717) is 4.83 Å². The molecule has 0 aromatic rings. The van der Waals surface area contributed by atoms with Crippen LogP contribution >= 0.6 is 27.5 Å². The van der Waals surface area contributed by atoms with Crippen LogP contribution in [0.25, 0.3) is 0 Å². The van der Waals surface area contributed by atoms with Crippen LogP contribution in [-0.4, -0.2) is 10.7 Å². The molecular formula is C5H9BrCl. The highest BCUT2D eigenvalue weighted by Gasteiger charge is 1.92. The molecule has 0 bridgehead atoms. The molecule has 0 fully saturated rings. The second-order valence-electron chi connectivity index (χ2n) is 1.39. The third-order valence-electron chi connectivity index (χ3n) is 0.601. The minimum absolute atomic E-state index is 0.506. The summed E-state index contributed by atoms with van der Waals surface area (Å²) in [6.45, 7) is 2.08. The quantitative estimate of drug-likeness (QED) is 0.592. The Kier molecular flexibility index (Phi) is 5.46. The van der Waals surface area contributed by atoms with Crippen molar-refractivity contribution >= 4 is 27.5 Å². The third-order valence-corrected chi connectivity index (χ3v) is 1.19. The highest BCUT2D eigenvalue weighted by Crippen LogP contribution is 2.04. The molecule has 0 aromatic heterocycles. The Morgan fingerprint density at radius 1 is 1.86 bits per heavy atom. The summed E-state index contributed by atoms with van der Waals surface area (Å²) in [5.41, 5.74) is 0. The van der Waals surface area contributed by atoms with Gasteiger partial charge in [0.25, 0.3) is 0 Å². The van der Waals surface area contributed by atoms with Gasteiger partial charge in [0.15, 0.2) is 0 Å². The van der Waals surface area contributed by atoms with Crippen molar-refractivity contribution in [3.8, 4) is 0 Å². The fourth-order valence-electron chi connectivity index (χ4n) is 0.293. The first kappa shape index (κ1) is 7.77. The Hall–Kier alpha value is 0.770. The predicted octanol–water partition coefficient (Wildman–Crippen LogP) is 2.60. The lowest BCUT2D eigenvalue weighted by molar-refractivity contribution is 1.00. The van der Waals surface area contributed by atoms with Crippen LogP contribution in [0, 0.1) is 6.42 Å². The fraction of sp³-hybridized carbons (Fsp3) is 0.800. The molecule has 0 heterocycles. The summed E-state index contributed by atoms with van der Waals surface area (Å²) in [5.74, 6) is 0.732. The molecular weight excluding hydrogens is 175 g/mol. The van der Waals surface area contributed by atoms with Crippen molar-refractivity contribution in [2.75, 3.05) is 5.88 Å². The first-order valence-electron chi connectivity index (χ1n) is 2.30. The summed E-state index contributed by atoms with van der Waals surface area (Å²) in [6, 6.07) is 0. The van der Waals surface area contributed by atoms with Crippen LogP contribution < -0.4 is 0 Å². The minimum Gasteiger partial charge on any atom is -0.127 e. The van der Waals surface area contributed by atoms with Gasteiger partial charge in [0.1, 0.15) is 0 Å². The van der Waals surface area contributed by atoms with Crippen molar-refractivity contribution in [1.29, 1.82) is 0 Å². The van der Waals surface area contributed by atoms with Crippen LogP contribution in [0.1, 0.15) is 13.3 Å². The molecule has 1 atom stereocenters. The molecule has 0 aliphatic rings. The first-order chi connectivity index (χ1) is 3.27. The van der Waals surface area contributed by atoms with Crippen LogP contribution in [-0.2, 0) is 0 Å². The van der Waals surface area contributed by atoms with Crippen LogP contribution in [0.15, 0.2) is 0 Å². The maximum atomic E-state index is 5.39. The molecule has 0 saturated heterocycles. The summed E-state index contributed by atoms with van der Waals surface area (Å²) in [7, 11) is 0. The maximum absolute atomic E-state index is 5.39. The van der Waals surface area contributed by atoms with E-state index in [1.54, 1.807) is 0 Å². The van der Waals surface area contributed by atoms with Crippen molar-refractivity contribution in [3.63, 3.8) is 0 Å². The monoisotopic (exact) mass is 183 g/mol. The summed E-state index contributed by atoms with van der Waals surface area (Å²) >= 11 is 8.75. The van der Waals surface area contributed by atoms with Crippen LogP contribution in [0.5, 0.6) is 0 Å². The number of hydrogen-bond donors (Lipinski definition) is 0. The summed E-state index contributed by atoms with van der Waals surface area (Å²) < 4.78 is 0. The van der Waals surface area contributed by atoms with Crippen molar-refractivity contribution in [2.24, 2.45) is 0 Å². The molecule has 0 amide bonds. The first-order valence-corrected chi connectivity index (χ1v) is 3.75. The molecule has 0 aliphatic carbocycles. The molecule has 0 saturated carbocycles. The van der Waals surface area contributed by atoms with Crippen LogP contribution in [0.2, 0.25) is 0 Å². The van der Waals surface area contributed by atoms with E-state index in [4.69, 9.17) is 11.6 Å². The van der Waals surface area contributed by atoms with Crippen LogP contribution in [0.4, 0.5) is 0 Å². The smallest absolute Gasteiger partial charge is 0.0226 e. The van der Waals surface area contributed by atoms with E-state index in [-0.39, 0.29) is 0 Å². The Labute approximate surface area is 58.4 Å².